The Hall–Kier alpha value is -0.660. The Balaban J connectivity index is 2.32. The van der Waals surface area contributed by atoms with Crippen molar-refractivity contribution in [3.8, 4) is 0 Å². The van der Waals surface area contributed by atoms with Crippen LogP contribution in [0, 0.1) is 0 Å². The lowest BCUT2D eigenvalue weighted by molar-refractivity contribution is 0.162. The predicted octanol–water partition coefficient (Wildman–Crippen LogP) is 3.02. The van der Waals surface area contributed by atoms with Crippen LogP contribution in [-0.2, 0) is 0 Å². The Morgan fingerprint density at radius 3 is 2.50 bits per heavy atom. The molecular formula is C12H24N2. The van der Waals surface area contributed by atoms with Crippen molar-refractivity contribution in [2.75, 3.05) is 13.6 Å². The molecule has 0 N–H and O–H groups in total. The van der Waals surface area contributed by atoms with Crippen LogP contribution in [0.2, 0.25) is 0 Å². The van der Waals surface area contributed by atoms with E-state index in [2.05, 4.69) is 43.1 Å². The fourth-order valence-electron chi connectivity index (χ4n) is 2.05. The zero-order valence-electron chi connectivity index (χ0n) is 9.87. The van der Waals surface area contributed by atoms with Gasteiger partial charge in [0.05, 0.1) is 0 Å². The van der Waals surface area contributed by atoms with Gasteiger partial charge in [0.25, 0.3) is 0 Å². The van der Waals surface area contributed by atoms with Gasteiger partial charge in [0.1, 0.15) is 6.17 Å². The summed E-state index contributed by atoms with van der Waals surface area (Å²) in [5.41, 5.74) is 0. The fraction of sp³-hybridized carbons (Fsp3) is 0.833. The molecule has 1 atom stereocenters. The van der Waals surface area contributed by atoms with E-state index >= 15 is 0 Å². The zero-order chi connectivity index (χ0) is 10.4. The average Bonchev–Trinajstić information content (AvgIpc) is 2.50. The highest BCUT2D eigenvalue weighted by atomic mass is 15.4. The van der Waals surface area contributed by atoms with Gasteiger partial charge in [-0.2, -0.15) is 0 Å². The largest absolute Gasteiger partial charge is 0.359 e. The molecule has 0 saturated heterocycles. The van der Waals surface area contributed by atoms with Gasteiger partial charge in [-0.25, -0.2) is 0 Å². The first kappa shape index (κ1) is 11.4. The summed E-state index contributed by atoms with van der Waals surface area (Å²) in [5.74, 6) is 0. The van der Waals surface area contributed by atoms with E-state index in [4.69, 9.17) is 0 Å². The molecule has 1 heterocycles. The molecule has 0 aliphatic carbocycles. The van der Waals surface area contributed by atoms with E-state index in [0.29, 0.717) is 6.17 Å². The van der Waals surface area contributed by atoms with Crippen LogP contribution in [0.15, 0.2) is 12.4 Å². The van der Waals surface area contributed by atoms with Gasteiger partial charge < -0.3 is 9.80 Å². The molecule has 0 amide bonds. The van der Waals surface area contributed by atoms with Crippen LogP contribution < -0.4 is 0 Å². The first-order valence-electron chi connectivity index (χ1n) is 5.95. The standard InChI is InChI=1S/C12H24N2/c1-4-6-7-8-12-13(3)10-11-14(12)9-5-2/h10-12H,4-9H2,1-3H3. The summed E-state index contributed by atoms with van der Waals surface area (Å²) in [7, 11) is 2.18. The lowest BCUT2D eigenvalue weighted by Gasteiger charge is -2.30. The van der Waals surface area contributed by atoms with Crippen LogP contribution in [0.1, 0.15) is 46.0 Å². The minimum atomic E-state index is 0.626. The summed E-state index contributed by atoms with van der Waals surface area (Å²) in [6.45, 7) is 5.70. The minimum Gasteiger partial charge on any atom is -0.359 e. The zero-order valence-corrected chi connectivity index (χ0v) is 9.87. The summed E-state index contributed by atoms with van der Waals surface area (Å²) in [4.78, 5) is 4.81. The molecule has 0 spiro atoms. The molecule has 0 aromatic carbocycles. The van der Waals surface area contributed by atoms with E-state index in [1.807, 2.05) is 0 Å². The van der Waals surface area contributed by atoms with Gasteiger partial charge in [0, 0.05) is 26.0 Å². The summed E-state index contributed by atoms with van der Waals surface area (Å²) in [6.07, 6.45) is 11.6. The van der Waals surface area contributed by atoms with Gasteiger partial charge in [-0.3, -0.25) is 0 Å². The van der Waals surface area contributed by atoms with Crippen molar-refractivity contribution in [2.45, 2.75) is 52.1 Å². The van der Waals surface area contributed by atoms with Crippen molar-refractivity contribution >= 4 is 0 Å². The number of hydrogen-bond donors (Lipinski definition) is 0. The molecule has 1 unspecified atom stereocenters. The molecule has 0 fully saturated rings. The SMILES string of the molecule is CCCCCC1N(C)C=CN1CCC. The Morgan fingerprint density at radius 1 is 1.07 bits per heavy atom. The second kappa shape index (κ2) is 5.94. The van der Waals surface area contributed by atoms with E-state index in [1.165, 1.54) is 38.6 Å². The Labute approximate surface area is 88.6 Å². The van der Waals surface area contributed by atoms with Crippen molar-refractivity contribution in [3.63, 3.8) is 0 Å². The van der Waals surface area contributed by atoms with Crippen molar-refractivity contribution in [2.24, 2.45) is 0 Å². The maximum absolute atomic E-state index is 2.47. The van der Waals surface area contributed by atoms with Crippen LogP contribution in [0.25, 0.3) is 0 Å². The maximum Gasteiger partial charge on any atom is 0.100 e. The van der Waals surface area contributed by atoms with Crippen LogP contribution in [-0.4, -0.2) is 29.6 Å². The van der Waals surface area contributed by atoms with E-state index < -0.39 is 0 Å². The van der Waals surface area contributed by atoms with Crippen LogP contribution in [0.5, 0.6) is 0 Å². The normalized spacial score (nSPS) is 20.9. The van der Waals surface area contributed by atoms with Crippen molar-refractivity contribution < 1.29 is 0 Å². The lowest BCUT2D eigenvalue weighted by atomic mass is 10.1. The molecule has 1 aliphatic heterocycles. The summed E-state index contributed by atoms with van der Waals surface area (Å²) in [5, 5.41) is 0. The molecule has 14 heavy (non-hydrogen) atoms. The van der Waals surface area contributed by atoms with Crippen LogP contribution >= 0.6 is 0 Å². The quantitative estimate of drug-likeness (QED) is 0.602. The summed E-state index contributed by atoms with van der Waals surface area (Å²) in [6, 6.07) is 0. The van der Waals surface area contributed by atoms with Gasteiger partial charge in [-0.05, 0) is 19.3 Å². The van der Waals surface area contributed by atoms with Crippen molar-refractivity contribution in [1.29, 1.82) is 0 Å². The topological polar surface area (TPSA) is 6.48 Å². The summed E-state index contributed by atoms with van der Waals surface area (Å²) < 4.78 is 0. The molecule has 0 aromatic heterocycles. The lowest BCUT2D eigenvalue weighted by Crippen LogP contribution is -2.36. The van der Waals surface area contributed by atoms with Crippen LogP contribution in [0.3, 0.4) is 0 Å². The molecule has 0 saturated carbocycles. The first-order valence-corrected chi connectivity index (χ1v) is 5.95. The number of nitrogens with zero attached hydrogens (tertiary/aromatic N) is 2. The van der Waals surface area contributed by atoms with Gasteiger partial charge >= 0.3 is 0 Å². The molecular weight excluding hydrogens is 172 g/mol. The highest BCUT2D eigenvalue weighted by Gasteiger charge is 2.21. The van der Waals surface area contributed by atoms with Gasteiger partial charge in [0.15, 0.2) is 0 Å². The molecule has 82 valence electrons. The Bertz CT molecular complexity index is 177. The van der Waals surface area contributed by atoms with Crippen molar-refractivity contribution in [1.82, 2.24) is 9.80 Å². The predicted molar refractivity (Wildman–Crippen MR) is 61.8 cm³/mol. The summed E-state index contributed by atoms with van der Waals surface area (Å²) >= 11 is 0. The third-order valence-electron chi connectivity index (χ3n) is 2.89. The molecule has 1 rings (SSSR count). The molecule has 2 nitrogen and oxygen atoms in total. The molecule has 1 aliphatic rings. The van der Waals surface area contributed by atoms with E-state index in [-0.39, 0.29) is 0 Å². The Kier molecular flexibility index (Phi) is 4.85. The van der Waals surface area contributed by atoms with Gasteiger partial charge in [0.2, 0.25) is 0 Å². The van der Waals surface area contributed by atoms with Crippen LogP contribution in [0.4, 0.5) is 0 Å². The molecule has 0 bridgehead atoms. The molecule has 0 aromatic rings. The van der Waals surface area contributed by atoms with E-state index in [1.54, 1.807) is 0 Å². The third kappa shape index (κ3) is 2.93. The second-order valence-corrected chi connectivity index (χ2v) is 4.18. The van der Waals surface area contributed by atoms with Gasteiger partial charge in [-0.1, -0.05) is 26.7 Å². The van der Waals surface area contributed by atoms with Crippen molar-refractivity contribution in [3.05, 3.63) is 12.4 Å². The third-order valence-corrected chi connectivity index (χ3v) is 2.89. The molecule has 2 heteroatoms. The minimum absolute atomic E-state index is 0.626. The number of hydrogen-bond acceptors (Lipinski definition) is 2. The highest BCUT2D eigenvalue weighted by Crippen LogP contribution is 2.19. The second-order valence-electron chi connectivity index (χ2n) is 4.18. The average molecular weight is 196 g/mol. The Morgan fingerprint density at radius 2 is 1.86 bits per heavy atom. The van der Waals surface area contributed by atoms with Gasteiger partial charge in [-0.15, -0.1) is 0 Å². The van der Waals surface area contributed by atoms with E-state index in [9.17, 15) is 0 Å². The smallest absolute Gasteiger partial charge is 0.100 e. The molecule has 0 radical (unpaired) electrons. The fourth-order valence-corrected chi connectivity index (χ4v) is 2.05. The number of unbranched alkanes of at least 4 members (excludes halogenated alkanes) is 2. The maximum atomic E-state index is 2.47. The number of rotatable bonds is 6. The first-order chi connectivity index (χ1) is 6.79. The van der Waals surface area contributed by atoms with E-state index in [0.717, 1.165) is 0 Å². The monoisotopic (exact) mass is 196 g/mol. The highest BCUT2D eigenvalue weighted by molar-refractivity contribution is 4.95.